The van der Waals surface area contributed by atoms with E-state index in [2.05, 4.69) is 11.4 Å². The quantitative estimate of drug-likeness (QED) is 0.215. The molecule has 22 heavy (non-hydrogen) atoms. The van der Waals surface area contributed by atoms with E-state index in [1.807, 2.05) is 6.08 Å². The lowest BCUT2D eigenvalue weighted by Gasteiger charge is -2.06. The van der Waals surface area contributed by atoms with E-state index in [4.69, 9.17) is 9.79 Å². The van der Waals surface area contributed by atoms with Crippen molar-refractivity contribution in [2.24, 2.45) is 0 Å². The number of rotatable bonds is 16. The minimum absolute atomic E-state index is 0.169. The first-order chi connectivity index (χ1) is 10.7. The largest absolute Gasteiger partial charge is 0.389 e. The van der Waals surface area contributed by atoms with Crippen molar-refractivity contribution in [1.29, 1.82) is 0 Å². The lowest BCUT2D eigenvalue weighted by molar-refractivity contribution is 0.168. The Morgan fingerprint density at radius 3 is 2.00 bits per heavy atom. The molecule has 132 valence electrons. The van der Waals surface area contributed by atoms with Crippen LogP contribution in [-0.4, -0.2) is 27.6 Å². The van der Waals surface area contributed by atoms with Crippen molar-refractivity contribution in [1.82, 2.24) is 0 Å². The zero-order chi connectivity index (χ0) is 16.5. The molecule has 0 aliphatic carbocycles. The summed E-state index contributed by atoms with van der Waals surface area (Å²) in [6.07, 6.45) is 18.0. The Morgan fingerprint density at radius 1 is 0.909 bits per heavy atom. The summed E-state index contributed by atoms with van der Waals surface area (Å²) in [7, 11) is -2.30. The van der Waals surface area contributed by atoms with Crippen LogP contribution in [-0.2, 0) is 4.52 Å². The second-order valence-corrected chi connectivity index (χ2v) is 6.60. The molecular weight excluding hydrogens is 299 g/mol. The molecule has 0 spiro atoms. The van der Waals surface area contributed by atoms with Crippen molar-refractivity contribution in [3.05, 3.63) is 12.2 Å². The Kier molecular flexibility index (Phi) is 17.4. The monoisotopic (exact) mass is 334 g/mol. The van der Waals surface area contributed by atoms with Crippen molar-refractivity contribution < 1.29 is 19.4 Å². The molecule has 0 aliphatic rings. The Morgan fingerprint density at radius 2 is 1.45 bits per heavy atom. The first kappa shape index (κ1) is 22.0. The summed E-state index contributed by atoms with van der Waals surface area (Å²) in [5, 5.41) is 9.60. The number of hydrogen-bond acceptors (Lipinski definition) is 4. The van der Waals surface area contributed by atoms with Gasteiger partial charge in [0.15, 0.2) is 0 Å². The second-order valence-electron chi connectivity index (χ2n) is 5.84. The second kappa shape index (κ2) is 17.4. The molecule has 0 fully saturated rings. The lowest BCUT2D eigenvalue weighted by atomic mass is 10.1. The third-order valence-corrected chi connectivity index (χ3v) is 4.12. The molecule has 0 saturated heterocycles. The maximum absolute atomic E-state index is 9.60. The maximum atomic E-state index is 9.60. The van der Waals surface area contributed by atoms with Crippen LogP contribution in [0.4, 0.5) is 0 Å². The van der Waals surface area contributed by atoms with Gasteiger partial charge in [-0.2, -0.15) is 0 Å². The van der Waals surface area contributed by atoms with E-state index >= 15 is 0 Å². The van der Waals surface area contributed by atoms with Gasteiger partial charge >= 0.3 is 8.60 Å². The standard InChI is InChI=1S/C17H35O4P/c1-2-3-4-5-6-7-8-9-10-11-12-13-14-17(18)15-16-21-22(19)20/h13-14,17-20H,2-12,15-16H2,1H3/b14-13+/t17-/m1/s1. The van der Waals surface area contributed by atoms with Gasteiger partial charge in [-0.3, -0.25) is 0 Å². The van der Waals surface area contributed by atoms with Crippen LogP contribution in [0.15, 0.2) is 12.2 Å². The molecule has 0 aromatic rings. The van der Waals surface area contributed by atoms with Gasteiger partial charge in [0, 0.05) is 6.42 Å². The van der Waals surface area contributed by atoms with E-state index in [-0.39, 0.29) is 6.61 Å². The summed E-state index contributed by atoms with van der Waals surface area (Å²) in [4.78, 5) is 17.1. The van der Waals surface area contributed by atoms with Crippen LogP contribution in [0.2, 0.25) is 0 Å². The summed E-state index contributed by atoms with van der Waals surface area (Å²) in [6.45, 7) is 2.42. The zero-order valence-electron chi connectivity index (χ0n) is 14.1. The number of unbranched alkanes of at least 4 members (excludes halogenated alkanes) is 10. The van der Waals surface area contributed by atoms with Crippen molar-refractivity contribution in [3.8, 4) is 0 Å². The van der Waals surface area contributed by atoms with E-state index in [1.54, 1.807) is 6.08 Å². The number of hydrogen-bond donors (Lipinski definition) is 3. The zero-order valence-corrected chi connectivity index (χ0v) is 15.0. The smallest absolute Gasteiger partial charge is 0.327 e. The van der Waals surface area contributed by atoms with E-state index in [0.29, 0.717) is 6.42 Å². The SMILES string of the molecule is CCCCCCCCCCCC/C=C/[C@@H](O)CCOP(O)O. The predicted octanol–water partition coefficient (Wildman–Crippen LogP) is 4.83. The maximum Gasteiger partial charge on any atom is 0.327 e. The van der Waals surface area contributed by atoms with Crippen molar-refractivity contribution in [2.45, 2.75) is 90.1 Å². The molecule has 0 aliphatic heterocycles. The van der Waals surface area contributed by atoms with Crippen LogP contribution >= 0.6 is 8.60 Å². The predicted molar refractivity (Wildman–Crippen MR) is 93.5 cm³/mol. The molecule has 0 saturated carbocycles. The van der Waals surface area contributed by atoms with Crippen molar-refractivity contribution in [3.63, 3.8) is 0 Å². The fourth-order valence-electron chi connectivity index (χ4n) is 2.35. The average molecular weight is 334 g/mol. The molecule has 5 heteroatoms. The Bertz CT molecular complexity index is 247. The Labute approximate surface area is 137 Å². The minimum atomic E-state index is -2.30. The van der Waals surface area contributed by atoms with Crippen molar-refractivity contribution in [2.75, 3.05) is 6.61 Å². The van der Waals surface area contributed by atoms with E-state index in [9.17, 15) is 5.11 Å². The molecule has 0 rings (SSSR count). The topological polar surface area (TPSA) is 69.9 Å². The highest BCUT2D eigenvalue weighted by Gasteiger charge is 2.02. The summed E-state index contributed by atoms with van der Waals surface area (Å²) in [5.41, 5.74) is 0. The van der Waals surface area contributed by atoms with Crippen LogP contribution < -0.4 is 0 Å². The third-order valence-electron chi connectivity index (χ3n) is 3.70. The summed E-state index contributed by atoms with van der Waals surface area (Å²) in [5.74, 6) is 0. The number of aliphatic hydroxyl groups excluding tert-OH is 1. The highest BCUT2D eigenvalue weighted by molar-refractivity contribution is 7.39. The number of allylic oxidation sites excluding steroid dienone is 1. The molecule has 0 heterocycles. The molecule has 0 radical (unpaired) electrons. The van der Waals surface area contributed by atoms with Gasteiger partial charge in [0.1, 0.15) is 0 Å². The molecule has 0 bridgehead atoms. The molecule has 1 atom stereocenters. The first-order valence-electron chi connectivity index (χ1n) is 8.82. The van der Waals surface area contributed by atoms with E-state index in [1.165, 1.54) is 64.2 Å². The summed E-state index contributed by atoms with van der Waals surface area (Å²) < 4.78 is 4.61. The highest BCUT2D eigenvalue weighted by Crippen LogP contribution is 2.24. The van der Waals surface area contributed by atoms with Gasteiger partial charge in [0.25, 0.3) is 0 Å². The van der Waals surface area contributed by atoms with Crippen molar-refractivity contribution >= 4 is 8.60 Å². The fourth-order valence-corrected chi connectivity index (χ4v) is 2.62. The molecule has 0 aromatic carbocycles. The molecule has 0 aromatic heterocycles. The summed E-state index contributed by atoms with van der Waals surface area (Å²) in [6, 6.07) is 0. The van der Waals surface area contributed by atoms with Gasteiger partial charge < -0.3 is 19.4 Å². The normalized spacial score (nSPS) is 13.3. The van der Waals surface area contributed by atoms with Gasteiger partial charge in [-0.1, -0.05) is 76.9 Å². The molecule has 0 unspecified atom stereocenters. The number of aliphatic hydroxyl groups is 1. The molecule has 0 amide bonds. The first-order valence-corrected chi connectivity index (χ1v) is 9.98. The molecular formula is C17H35O4P. The van der Waals surface area contributed by atoms with Gasteiger partial charge in [-0.05, 0) is 12.8 Å². The minimum Gasteiger partial charge on any atom is -0.389 e. The Hall–Kier alpha value is 0.0100. The summed E-state index contributed by atoms with van der Waals surface area (Å²) >= 11 is 0. The fraction of sp³-hybridized carbons (Fsp3) is 0.882. The van der Waals surface area contributed by atoms with Crippen LogP contribution in [0.25, 0.3) is 0 Å². The van der Waals surface area contributed by atoms with Crippen LogP contribution in [0, 0.1) is 0 Å². The lowest BCUT2D eigenvalue weighted by Crippen LogP contribution is -2.05. The van der Waals surface area contributed by atoms with Gasteiger partial charge in [0.2, 0.25) is 0 Å². The van der Waals surface area contributed by atoms with E-state index < -0.39 is 14.7 Å². The highest BCUT2D eigenvalue weighted by atomic mass is 31.2. The molecule has 4 nitrogen and oxygen atoms in total. The van der Waals surface area contributed by atoms with Gasteiger partial charge in [-0.25, -0.2) is 0 Å². The molecule has 3 N–H and O–H groups in total. The van der Waals surface area contributed by atoms with E-state index in [0.717, 1.165) is 6.42 Å². The van der Waals surface area contributed by atoms with Crippen LogP contribution in [0.1, 0.15) is 84.0 Å². The Balaban J connectivity index is 3.22. The average Bonchev–Trinajstić information content (AvgIpc) is 2.48. The van der Waals surface area contributed by atoms with Crippen LogP contribution in [0.5, 0.6) is 0 Å². The van der Waals surface area contributed by atoms with Gasteiger partial charge in [-0.15, -0.1) is 0 Å². The van der Waals surface area contributed by atoms with Gasteiger partial charge in [0.05, 0.1) is 12.7 Å². The van der Waals surface area contributed by atoms with Crippen LogP contribution in [0.3, 0.4) is 0 Å². The third kappa shape index (κ3) is 18.1.